The van der Waals surface area contributed by atoms with E-state index in [-0.39, 0.29) is 19.2 Å². The van der Waals surface area contributed by atoms with E-state index in [0.717, 1.165) is 77.0 Å². The molecular formula is C61H106O9. The lowest BCUT2D eigenvalue weighted by atomic mass is 9.99. The normalized spacial score (nSPS) is 19.5. The van der Waals surface area contributed by atoms with Gasteiger partial charge in [0.2, 0.25) is 0 Å². The molecule has 6 unspecified atom stereocenters. The molecule has 1 aliphatic rings. The number of aliphatic hydroxyl groups excluding tert-OH is 4. The fourth-order valence-electron chi connectivity index (χ4n) is 8.37. The molecule has 0 saturated carbocycles. The molecule has 9 heteroatoms. The second-order valence-electron chi connectivity index (χ2n) is 19.4. The summed E-state index contributed by atoms with van der Waals surface area (Å²) in [4.78, 5) is 12.9. The number of esters is 1. The summed E-state index contributed by atoms with van der Waals surface area (Å²) in [5, 5.41) is 40.4. The highest BCUT2D eigenvalue weighted by molar-refractivity contribution is 5.69. The highest BCUT2D eigenvalue weighted by Crippen LogP contribution is 2.23. The van der Waals surface area contributed by atoms with Crippen molar-refractivity contribution in [2.75, 3.05) is 26.4 Å². The molecule has 1 aliphatic heterocycles. The Morgan fingerprint density at radius 2 is 0.871 bits per heavy atom. The number of carbonyl (C=O) groups is 1. The Hall–Kier alpha value is -2.63. The molecule has 6 atom stereocenters. The fourth-order valence-corrected chi connectivity index (χ4v) is 8.37. The molecule has 1 fully saturated rings. The molecule has 0 bridgehead atoms. The van der Waals surface area contributed by atoms with Crippen molar-refractivity contribution in [1.29, 1.82) is 0 Å². The molecule has 404 valence electrons. The average molecular weight is 984 g/mol. The van der Waals surface area contributed by atoms with Gasteiger partial charge >= 0.3 is 5.97 Å². The average Bonchev–Trinajstić information content (AvgIpc) is 3.36. The molecule has 1 heterocycles. The van der Waals surface area contributed by atoms with Gasteiger partial charge in [0, 0.05) is 13.0 Å². The maximum absolute atomic E-state index is 12.9. The van der Waals surface area contributed by atoms with Crippen molar-refractivity contribution in [3.8, 4) is 0 Å². The molecule has 0 amide bonds. The topological polar surface area (TPSA) is 135 Å². The van der Waals surface area contributed by atoms with Crippen molar-refractivity contribution < 1.29 is 44.2 Å². The van der Waals surface area contributed by atoms with Crippen LogP contribution in [0.5, 0.6) is 0 Å². The van der Waals surface area contributed by atoms with E-state index < -0.39 is 43.4 Å². The lowest BCUT2D eigenvalue weighted by molar-refractivity contribution is -0.305. The molecule has 4 N–H and O–H groups in total. The zero-order chi connectivity index (χ0) is 50.6. The first-order valence-electron chi connectivity index (χ1n) is 28.7. The van der Waals surface area contributed by atoms with Gasteiger partial charge in [-0.05, 0) is 89.9 Å². The third kappa shape index (κ3) is 40.9. The molecule has 0 aromatic carbocycles. The predicted octanol–water partition coefficient (Wildman–Crippen LogP) is 14.9. The molecule has 0 aromatic heterocycles. The number of allylic oxidation sites excluding steroid dienone is 14. The molecular weight excluding hydrogens is 877 g/mol. The Morgan fingerprint density at radius 1 is 0.471 bits per heavy atom. The van der Waals surface area contributed by atoms with Gasteiger partial charge < -0.3 is 39.4 Å². The molecule has 0 radical (unpaired) electrons. The Bertz CT molecular complexity index is 1350. The lowest BCUT2D eigenvalue weighted by Gasteiger charge is -2.39. The summed E-state index contributed by atoms with van der Waals surface area (Å²) in [5.74, 6) is -0.322. The van der Waals surface area contributed by atoms with Gasteiger partial charge in [0.25, 0.3) is 0 Å². The maximum atomic E-state index is 12.9. The number of aliphatic hydroxyl groups is 4. The quantitative estimate of drug-likeness (QED) is 0.0267. The summed E-state index contributed by atoms with van der Waals surface area (Å²) in [6, 6.07) is 0. The zero-order valence-electron chi connectivity index (χ0n) is 44.7. The number of unbranched alkanes of at least 4 members (excludes halogenated alkanes) is 24. The van der Waals surface area contributed by atoms with E-state index in [1.165, 1.54) is 135 Å². The van der Waals surface area contributed by atoms with Gasteiger partial charge in [0.15, 0.2) is 6.29 Å². The van der Waals surface area contributed by atoms with Crippen LogP contribution in [-0.4, -0.2) is 89.6 Å². The number of hydrogen-bond acceptors (Lipinski definition) is 9. The van der Waals surface area contributed by atoms with Gasteiger partial charge in [-0.15, -0.1) is 0 Å². The van der Waals surface area contributed by atoms with Crippen molar-refractivity contribution in [2.45, 2.75) is 269 Å². The van der Waals surface area contributed by atoms with Crippen LogP contribution >= 0.6 is 0 Å². The second-order valence-corrected chi connectivity index (χ2v) is 19.4. The second kappa shape index (κ2) is 51.3. The minimum atomic E-state index is -1.54. The van der Waals surface area contributed by atoms with E-state index in [1.807, 2.05) is 0 Å². The van der Waals surface area contributed by atoms with Gasteiger partial charge in [0.05, 0.1) is 19.8 Å². The van der Waals surface area contributed by atoms with Crippen LogP contribution in [0.2, 0.25) is 0 Å². The summed E-state index contributed by atoms with van der Waals surface area (Å²) in [7, 11) is 0. The molecule has 0 spiro atoms. The van der Waals surface area contributed by atoms with Gasteiger partial charge in [-0.1, -0.05) is 221 Å². The van der Waals surface area contributed by atoms with Crippen LogP contribution in [0, 0.1) is 0 Å². The number of ether oxygens (including phenoxy) is 4. The van der Waals surface area contributed by atoms with Crippen LogP contribution in [0.3, 0.4) is 0 Å². The van der Waals surface area contributed by atoms with Crippen LogP contribution < -0.4 is 0 Å². The van der Waals surface area contributed by atoms with Crippen LogP contribution in [0.25, 0.3) is 0 Å². The molecule has 1 saturated heterocycles. The monoisotopic (exact) mass is 983 g/mol. The van der Waals surface area contributed by atoms with Gasteiger partial charge in [-0.2, -0.15) is 0 Å². The standard InChI is InChI=1S/C61H106O9/c1-3-5-7-9-11-13-15-17-19-21-23-25-27-29-31-33-35-37-39-41-43-45-47-49-51-67-53-55(54-68-61-60(66)59(65)58(64)56(52-62)70-61)69-57(63)50-48-46-44-42-40-38-36-34-32-30-28-26-24-22-20-18-16-14-12-10-8-6-4-2/h5,7,11,13,16-19,22-25,28,30,55-56,58-62,64-66H,3-4,6,8-10,12,14-15,20-21,26-27,29,31-54H2,1-2H3/b7-5-,13-11-,18-16-,19-17-,24-22-,25-23-,30-28-. The molecule has 9 nitrogen and oxygen atoms in total. The molecule has 70 heavy (non-hydrogen) atoms. The van der Waals surface area contributed by atoms with Crippen LogP contribution in [0.15, 0.2) is 85.1 Å². The number of hydrogen-bond donors (Lipinski definition) is 4. The SMILES string of the molecule is CC/C=C\C/C=C\C/C=C\C/C=C\CCCCCCCCCCCCCOCC(COC1OC(CO)C(O)C(O)C1O)OC(=O)CCCCCCCCCC/C=C\C/C=C\C/C=C\CCCCCCC. The third-order valence-electron chi connectivity index (χ3n) is 12.8. The van der Waals surface area contributed by atoms with Gasteiger partial charge in [-0.3, -0.25) is 4.79 Å². The minimum absolute atomic E-state index is 0.121. The fraction of sp³-hybridized carbons (Fsp3) is 0.754. The van der Waals surface area contributed by atoms with Crippen molar-refractivity contribution in [3.63, 3.8) is 0 Å². The Labute approximate surface area is 429 Å². The largest absolute Gasteiger partial charge is 0.457 e. The minimum Gasteiger partial charge on any atom is -0.457 e. The molecule has 0 aliphatic carbocycles. The third-order valence-corrected chi connectivity index (χ3v) is 12.8. The summed E-state index contributed by atoms with van der Waals surface area (Å²) < 4.78 is 23.0. The zero-order valence-corrected chi connectivity index (χ0v) is 44.7. The van der Waals surface area contributed by atoms with E-state index in [4.69, 9.17) is 18.9 Å². The summed E-state index contributed by atoms with van der Waals surface area (Å²) in [6.45, 7) is 4.43. The molecule has 1 rings (SSSR count). The van der Waals surface area contributed by atoms with Crippen molar-refractivity contribution in [2.24, 2.45) is 0 Å². The van der Waals surface area contributed by atoms with E-state index in [2.05, 4.69) is 98.9 Å². The van der Waals surface area contributed by atoms with E-state index in [1.54, 1.807) is 0 Å². The first-order chi connectivity index (χ1) is 34.4. The highest BCUT2D eigenvalue weighted by Gasteiger charge is 2.44. The first kappa shape index (κ1) is 65.4. The van der Waals surface area contributed by atoms with Crippen molar-refractivity contribution in [1.82, 2.24) is 0 Å². The van der Waals surface area contributed by atoms with Crippen LogP contribution in [-0.2, 0) is 23.7 Å². The Balaban J connectivity index is 2.18. The van der Waals surface area contributed by atoms with E-state index in [0.29, 0.717) is 13.0 Å². The Morgan fingerprint density at radius 3 is 1.31 bits per heavy atom. The number of rotatable bonds is 49. The Kier molecular flexibility index (Phi) is 47.9. The summed E-state index contributed by atoms with van der Waals surface area (Å²) in [6.07, 6.45) is 63.3. The van der Waals surface area contributed by atoms with E-state index in [9.17, 15) is 25.2 Å². The smallest absolute Gasteiger partial charge is 0.306 e. The highest BCUT2D eigenvalue weighted by atomic mass is 16.7. The van der Waals surface area contributed by atoms with Gasteiger partial charge in [0.1, 0.15) is 30.5 Å². The maximum Gasteiger partial charge on any atom is 0.306 e. The van der Waals surface area contributed by atoms with Crippen molar-refractivity contribution >= 4 is 5.97 Å². The number of carbonyl (C=O) groups excluding carboxylic acids is 1. The lowest BCUT2D eigenvalue weighted by Crippen LogP contribution is -2.59. The van der Waals surface area contributed by atoms with Crippen molar-refractivity contribution in [3.05, 3.63) is 85.1 Å². The summed E-state index contributed by atoms with van der Waals surface area (Å²) >= 11 is 0. The van der Waals surface area contributed by atoms with Crippen LogP contribution in [0.1, 0.15) is 232 Å². The van der Waals surface area contributed by atoms with E-state index >= 15 is 0 Å². The summed E-state index contributed by atoms with van der Waals surface area (Å²) in [5.41, 5.74) is 0. The van der Waals surface area contributed by atoms with Gasteiger partial charge in [-0.25, -0.2) is 0 Å². The first-order valence-corrected chi connectivity index (χ1v) is 28.7. The predicted molar refractivity (Wildman–Crippen MR) is 293 cm³/mol. The van der Waals surface area contributed by atoms with Crippen LogP contribution in [0.4, 0.5) is 0 Å². The molecule has 0 aromatic rings.